The molecule has 3 heterocycles. The van der Waals surface area contributed by atoms with Crippen molar-refractivity contribution in [2.45, 2.75) is 112 Å². The van der Waals surface area contributed by atoms with Crippen molar-refractivity contribution in [3.05, 3.63) is 81.7 Å². The summed E-state index contributed by atoms with van der Waals surface area (Å²) in [6.07, 6.45) is 0.836. The topological polar surface area (TPSA) is 237 Å². The highest BCUT2D eigenvalue weighted by Crippen LogP contribution is 2.47. The van der Waals surface area contributed by atoms with E-state index in [1.165, 1.54) is 29.2 Å². The Morgan fingerprint density at radius 1 is 1.00 bits per heavy atom. The molecule has 0 unspecified atom stereocenters. The predicted molar refractivity (Wildman–Crippen MR) is 221 cm³/mol. The highest BCUT2D eigenvalue weighted by atomic mass is 32.2. The number of amides is 3. The normalized spacial score (nSPS) is 26.3. The van der Waals surface area contributed by atoms with Crippen LogP contribution in [0.3, 0.4) is 0 Å². The molecule has 0 spiro atoms. The van der Waals surface area contributed by atoms with E-state index in [9.17, 15) is 55.3 Å². The van der Waals surface area contributed by atoms with E-state index in [1.54, 1.807) is 39.0 Å². The summed E-state index contributed by atoms with van der Waals surface area (Å²) >= 11 is 0. The number of ether oxygens (including phenoxy) is 2. The van der Waals surface area contributed by atoms with Gasteiger partial charge in [0.1, 0.15) is 34.9 Å². The van der Waals surface area contributed by atoms with Gasteiger partial charge in [0.2, 0.25) is 21.8 Å². The van der Waals surface area contributed by atoms with Gasteiger partial charge in [-0.2, -0.15) is 4.31 Å². The Kier molecular flexibility index (Phi) is 12.6. The monoisotopic (exact) mass is 915 g/mol. The lowest BCUT2D eigenvalue weighted by Crippen LogP contribution is -2.55. The van der Waals surface area contributed by atoms with E-state index in [0.717, 1.165) is 21.3 Å². The predicted octanol–water partition coefficient (Wildman–Crippen LogP) is 3.57. The summed E-state index contributed by atoms with van der Waals surface area (Å²) in [5.41, 5.74) is -2.47. The third-order valence-corrected chi connectivity index (χ3v) is 16.1. The van der Waals surface area contributed by atoms with Crippen LogP contribution < -0.4 is 5.32 Å². The average molecular weight is 916 g/mol. The molecule has 5 atom stereocenters. The van der Waals surface area contributed by atoms with Crippen molar-refractivity contribution in [3.8, 4) is 0 Å². The van der Waals surface area contributed by atoms with Crippen LogP contribution in [0.15, 0.2) is 59.5 Å². The molecule has 340 valence electrons. The zero-order valence-electron chi connectivity index (χ0n) is 35.1. The second kappa shape index (κ2) is 17.4. The number of sulfone groups is 1. The number of esters is 1. The molecule has 3 fully saturated rings. The molecular formula is C42H50FN5O13S2. The molecule has 7 rings (SSSR count). The van der Waals surface area contributed by atoms with E-state index < -0.39 is 130 Å². The van der Waals surface area contributed by atoms with Gasteiger partial charge >= 0.3 is 12.1 Å². The molecular weight excluding hydrogens is 866 g/mol. The second-order valence-electron chi connectivity index (χ2n) is 17.8. The number of fused-ring (bicyclic) bond motifs is 3. The van der Waals surface area contributed by atoms with Gasteiger partial charge in [0.25, 0.3) is 5.69 Å². The highest BCUT2D eigenvalue weighted by Gasteiger charge is 2.61. The first kappa shape index (κ1) is 45.7. The van der Waals surface area contributed by atoms with Crippen LogP contribution in [0.1, 0.15) is 76.8 Å². The minimum absolute atomic E-state index is 0.00108. The molecule has 2 aromatic rings. The molecule has 1 saturated heterocycles. The number of benzene rings is 2. The number of nitrogens with one attached hydrogen (secondary N) is 1. The van der Waals surface area contributed by atoms with Crippen LogP contribution in [0.4, 0.5) is 14.9 Å². The molecule has 0 aromatic heterocycles. The third kappa shape index (κ3) is 9.94. The van der Waals surface area contributed by atoms with E-state index in [1.807, 2.05) is 0 Å². The maximum absolute atomic E-state index is 14.9. The van der Waals surface area contributed by atoms with Crippen molar-refractivity contribution in [2.75, 3.05) is 25.4 Å². The number of rotatable bonds is 10. The van der Waals surface area contributed by atoms with E-state index in [-0.39, 0.29) is 51.9 Å². The molecule has 2 aromatic carbocycles. The lowest BCUT2D eigenvalue weighted by molar-refractivity contribution is -0.387. The van der Waals surface area contributed by atoms with E-state index in [4.69, 9.17) is 9.47 Å². The van der Waals surface area contributed by atoms with Crippen LogP contribution >= 0.6 is 0 Å². The third-order valence-electron chi connectivity index (χ3n) is 12.0. The summed E-state index contributed by atoms with van der Waals surface area (Å²) in [5.74, 6) is -6.63. The minimum Gasteiger partial charge on any atom is -0.460 e. The fraction of sp³-hybridized carbons (Fsp3) is 0.548. The summed E-state index contributed by atoms with van der Waals surface area (Å²) in [4.78, 5) is 83.2. The smallest absolute Gasteiger partial charge is 0.410 e. The van der Waals surface area contributed by atoms with Gasteiger partial charge in [-0.3, -0.25) is 34.2 Å². The summed E-state index contributed by atoms with van der Waals surface area (Å²) in [5, 5.41) is 14.1. The number of nitro benzene ring substituents is 1. The summed E-state index contributed by atoms with van der Waals surface area (Å²) in [7, 11) is -8.48. The largest absolute Gasteiger partial charge is 0.460 e. The number of para-hydroxylation sites is 1. The number of carbonyl (C=O) groups is 5. The van der Waals surface area contributed by atoms with Crippen molar-refractivity contribution in [1.82, 2.24) is 19.4 Å². The SMILES string of the molecule is CC(C)(C)OC(=O)C[C@H]1CCN(S(=O)(=O)c2ccccc2[N+](=O)[O-])CC/C=C\[C@@H]2C[C@@]2(C(=O)CS(=O)(=O)C2CC2)NC(=O)[C@@H]2C[C@@H](OC(=O)N3Cc4cccc(F)c4C3)CN2C1=O. The van der Waals surface area contributed by atoms with E-state index in [2.05, 4.69) is 5.32 Å². The highest BCUT2D eigenvalue weighted by molar-refractivity contribution is 7.93. The van der Waals surface area contributed by atoms with Crippen LogP contribution in [0.2, 0.25) is 0 Å². The van der Waals surface area contributed by atoms with Gasteiger partial charge in [-0.25, -0.2) is 26.0 Å². The molecule has 1 N–H and O–H groups in total. The Bertz CT molecular complexity index is 2470. The lowest BCUT2D eigenvalue weighted by Gasteiger charge is -2.30. The summed E-state index contributed by atoms with van der Waals surface area (Å²) < 4.78 is 81.6. The summed E-state index contributed by atoms with van der Waals surface area (Å²) in [6.45, 7) is 3.74. The number of ketones is 1. The molecule has 3 aliphatic heterocycles. The van der Waals surface area contributed by atoms with Gasteiger partial charge in [0.05, 0.1) is 29.7 Å². The van der Waals surface area contributed by atoms with Crippen molar-refractivity contribution < 1.29 is 59.6 Å². The molecule has 5 aliphatic rings. The quantitative estimate of drug-likeness (QED) is 0.156. The molecule has 0 radical (unpaired) electrons. The van der Waals surface area contributed by atoms with Gasteiger partial charge in [0.15, 0.2) is 20.5 Å². The molecule has 2 aliphatic carbocycles. The maximum Gasteiger partial charge on any atom is 0.410 e. The maximum atomic E-state index is 14.9. The van der Waals surface area contributed by atoms with Crippen LogP contribution in [0.25, 0.3) is 0 Å². The molecule has 21 heteroatoms. The van der Waals surface area contributed by atoms with Crippen molar-refractivity contribution >= 4 is 55.2 Å². The van der Waals surface area contributed by atoms with Crippen LogP contribution in [0.5, 0.6) is 0 Å². The number of nitro groups is 1. The molecule has 3 amide bonds. The number of Topliss-reactive ketones (excluding diaryl/α,β-unsaturated/α-hetero) is 1. The fourth-order valence-electron chi connectivity index (χ4n) is 8.54. The summed E-state index contributed by atoms with van der Waals surface area (Å²) in [6, 6.07) is 7.82. The minimum atomic E-state index is -4.63. The zero-order chi connectivity index (χ0) is 45.6. The second-order valence-corrected chi connectivity index (χ2v) is 22.0. The van der Waals surface area contributed by atoms with Crippen molar-refractivity contribution in [3.63, 3.8) is 0 Å². The average Bonchev–Trinajstić information content (AvgIpc) is 4.09. The van der Waals surface area contributed by atoms with Crippen molar-refractivity contribution in [2.24, 2.45) is 11.8 Å². The number of carbonyl (C=O) groups excluding carboxylic acids is 5. The first-order valence-electron chi connectivity index (χ1n) is 20.8. The van der Waals surface area contributed by atoms with E-state index in [0.29, 0.717) is 24.0 Å². The van der Waals surface area contributed by atoms with Gasteiger partial charge < -0.3 is 19.7 Å². The van der Waals surface area contributed by atoms with Crippen LogP contribution in [-0.4, -0.2) is 119 Å². The van der Waals surface area contributed by atoms with Crippen molar-refractivity contribution in [1.29, 1.82) is 0 Å². The first-order chi connectivity index (χ1) is 29.6. The Morgan fingerprint density at radius 3 is 2.41 bits per heavy atom. The standard InChI is InChI=1S/C42H50FN5O13S2/c1-41(2,3)61-37(50)19-26-16-18-46(63(58,59)35-13-5-4-12-33(35)48(54)55)17-7-6-10-28-21-42(28,36(49)25-62(56,57)30-14-15-30)44-38(51)34-20-29(23-47(34)39(26)52)60-40(53)45-22-27-9-8-11-32(43)31(27)24-45/h4-6,8-13,26,28-30,34H,7,14-25H2,1-3H3,(H,44,51)/b10-6-/t26-,28-,29-,34+,42-/m1/s1. The van der Waals surface area contributed by atoms with Gasteiger partial charge in [0, 0.05) is 49.5 Å². The van der Waals surface area contributed by atoms with Crippen LogP contribution in [-0.2, 0) is 61.6 Å². The molecule has 63 heavy (non-hydrogen) atoms. The Balaban J connectivity index is 1.24. The number of halogens is 1. The number of sulfonamides is 1. The molecule has 18 nitrogen and oxygen atoms in total. The Labute approximate surface area is 364 Å². The number of hydrogen-bond acceptors (Lipinski definition) is 13. The molecule has 2 saturated carbocycles. The zero-order valence-corrected chi connectivity index (χ0v) is 36.7. The Hall–Kier alpha value is -5.28. The number of nitrogens with zero attached hydrogens (tertiary/aromatic N) is 4. The van der Waals surface area contributed by atoms with Gasteiger partial charge in [-0.05, 0) is 70.6 Å². The van der Waals surface area contributed by atoms with Crippen LogP contribution in [0, 0.1) is 27.8 Å². The first-order valence-corrected chi connectivity index (χ1v) is 24.0. The Morgan fingerprint density at radius 2 is 1.73 bits per heavy atom. The number of hydrogen-bond donors (Lipinski definition) is 1. The lowest BCUT2D eigenvalue weighted by atomic mass is 9.98. The fourth-order valence-corrected chi connectivity index (χ4v) is 11.9. The van der Waals surface area contributed by atoms with E-state index >= 15 is 0 Å². The van der Waals surface area contributed by atoms with Gasteiger partial charge in [-0.1, -0.05) is 36.4 Å². The molecule has 0 bridgehead atoms. The van der Waals surface area contributed by atoms with Gasteiger partial charge in [-0.15, -0.1) is 0 Å².